The number of carbonyl (C=O) groups excluding carboxylic acids is 1. The van der Waals surface area contributed by atoms with Crippen LogP contribution in [0, 0.1) is 0 Å². The second-order valence-electron chi connectivity index (χ2n) is 5.31. The Morgan fingerprint density at radius 2 is 1.82 bits per heavy atom. The van der Waals surface area contributed by atoms with Gasteiger partial charge in [-0.25, -0.2) is 22.7 Å². The lowest BCUT2D eigenvalue weighted by Crippen LogP contribution is -2.34. The molecule has 0 saturated heterocycles. The molecule has 11 nitrogen and oxygen atoms in total. The van der Waals surface area contributed by atoms with Crippen LogP contribution in [-0.2, 0) is 10.0 Å². The van der Waals surface area contributed by atoms with E-state index in [0.717, 1.165) is 0 Å². The number of carbonyl (C=O) groups is 2. The van der Waals surface area contributed by atoms with E-state index in [4.69, 9.17) is 16.7 Å². The molecule has 0 unspecified atom stereocenters. The van der Waals surface area contributed by atoms with Crippen LogP contribution in [-0.4, -0.2) is 46.1 Å². The summed E-state index contributed by atoms with van der Waals surface area (Å²) >= 11 is 5.79. The van der Waals surface area contributed by atoms with E-state index in [-0.39, 0.29) is 27.0 Å². The number of aromatic carboxylic acids is 1. The van der Waals surface area contributed by atoms with E-state index in [1.54, 1.807) is 4.72 Å². The summed E-state index contributed by atoms with van der Waals surface area (Å²) in [7, 11) is -4.22. The van der Waals surface area contributed by atoms with Gasteiger partial charge in [0.15, 0.2) is 0 Å². The number of aromatic nitrogens is 4. The highest BCUT2D eigenvalue weighted by atomic mass is 35.5. The van der Waals surface area contributed by atoms with Crippen molar-refractivity contribution in [2.75, 3.05) is 5.32 Å². The molecule has 0 aliphatic rings. The molecule has 13 heteroatoms. The maximum atomic E-state index is 12.4. The third-order valence-electron chi connectivity index (χ3n) is 3.46. The van der Waals surface area contributed by atoms with E-state index < -0.39 is 22.0 Å². The SMILES string of the molecule is O=C(Nc1cc(Cl)ccc1C(=O)O)NS(=O)(=O)c1ccc(-c2nn[nH]n2)cc1. The molecule has 3 aromatic rings. The van der Waals surface area contributed by atoms with Crippen LogP contribution in [0.1, 0.15) is 10.4 Å². The fourth-order valence-corrected chi connectivity index (χ4v) is 3.28. The van der Waals surface area contributed by atoms with E-state index in [1.807, 2.05) is 0 Å². The molecule has 0 aliphatic carbocycles. The Kier molecular flexibility index (Phi) is 5.24. The summed E-state index contributed by atoms with van der Waals surface area (Å²) in [6.07, 6.45) is 0. The molecule has 2 aromatic carbocycles. The van der Waals surface area contributed by atoms with Crippen molar-refractivity contribution in [1.29, 1.82) is 0 Å². The first kappa shape index (κ1) is 19.3. The number of anilines is 1. The Morgan fingerprint density at radius 3 is 2.43 bits per heavy atom. The summed E-state index contributed by atoms with van der Waals surface area (Å²) in [5, 5.41) is 24.7. The summed E-state index contributed by atoms with van der Waals surface area (Å²) in [4.78, 5) is 23.1. The standard InChI is InChI=1S/C15H11ClN6O5S/c16-9-3-6-11(14(23)24)12(7-9)17-15(25)20-28(26,27)10-4-1-8(2-5-10)13-18-21-22-19-13/h1-7H,(H,23,24)(H2,17,20,25)(H,18,19,21,22). The van der Waals surface area contributed by atoms with Crippen molar-refractivity contribution in [3.8, 4) is 11.4 Å². The third kappa shape index (κ3) is 4.24. The lowest BCUT2D eigenvalue weighted by molar-refractivity contribution is 0.0698. The summed E-state index contributed by atoms with van der Waals surface area (Å²) in [5.41, 5.74) is 0.115. The molecule has 0 radical (unpaired) electrons. The smallest absolute Gasteiger partial charge is 0.337 e. The van der Waals surface area contributed by atoms with Crippen LogP contribution in [0.2, 0.25) is 5.02 Å². The zero-order valence-electron chi connectivity index (χ0n) is 13.7. The average molecular weight is 423 g/mol. The Balaban J connectivity index is 1.76. The number of tetrazole rings is 1. The largest absolute Gasteiger partial charge is 0.478 e. The third-order valence-corrected chi connectivity index (χ3v) is 5.04. The molecule has 0 fully saturated rings. The predicted octanol–water partition coefficient (Wildman–Crippen LogP) is 1.73. The summed E-state index contributed by atoms with van der Waals surface area (Å²) in [5.74, 6) is -1.04. The van der Waals surface area contributed by atoms with Crippen LogP contribution in [0.15, 0.2) is 47.4 Å². The summed E-state index contributed by atoms with van der Waals surface area (Å²) < 4.78 is 26.5. The number of halogens is 1. The topological polar surface area (TPSA) is 167 Å². The molecular weight excluding hydrogens is 412 g/mol. The van der Waals surface area contributed by atoms with Gasteiger partial charge < -0.3 is 10.4 Å². The highest BCUT2D eigenvalue weighted by molar-refractivity contribution is 7.90. The molecule has 0 saturated carbocycles. The molecule has 2 amide bonds. The van der Waals surface area contributed by atoms with Gasteiger partial charge in [-0.1, -0.05) is 11.6 Å². The van der Waals surface area contributed by atoms with Crippen molar-refractivity contribution in [2.45, 2.75) is 4.90 Å². The fraction of sp³-hybridized carbons (Fsp3) is 0. The number of H-pyrrole nitrogens is 1. The first-order valence-electron chi connectivity index (χ1n) is 7.47. The molecule has 0 bridgehead atoms. The zero-order valence-corrected chi connectivity index (χ0v) is 15.3. The summed E-state index contributed by atoms with van der Waals surface area (Å²) in [6.45, 7) is 0. The van der Waals surface area contributed by atoms with Crippen LogP contribution in [0.3, 0.4) is 0 Å². The Bertz CT molecular complexity index is 1130. The fourth-order valence-electron chi connectivity index (χ4n) is 2.20. The van der Waals surface area contributed by atoms with Crippen LogP contribution in [0.4, 0.5) is 10.5 Å². The number of urea groups is 1. The van der Waals surface area contributed by atoms with E-state index in [0.29, 0.717) is 5.56 Å². The van der Waals surface area contributed by atoms with Gasteiger partial charge in [-0.2, -0.15) is 5.21 Å². The van der Waals surface area contributed by atoms with Crippen molar-refractivity contribution >= 4 is 39.3 Å². The zero-order chi connectivity index (χ0) is 20.3. The first-order chi connectivity index (χ1) is 13.3. The lowest BCUT2D eigenvalue weighted by atomic mass is 10.2. The van der Waals surface area contributed by atoms with E-state index in [1.165, 1.54) is 42.5 Å². The van der Waals surface area contributed by atoms with Gasteiger partial charge in [0.05, 0.1) is 16.1 Å². The second-order valence-corrected chi connectivity index (χ2v) is 7.43. The number of nitrogens with one attached hydrogen (secondary N) is 3. The monoisotopic (exact) mass is 422 g/mol. The number of hydrogen-bond acceptors (Lipinski definition) is 7. The number of hydrogen-bond donors (Lipinski definition) is 4. The van der Waals surface area contributed by atoms with Crippen LogP contribution in [0.25, 0.3) is 11.4 Å². The van der Waals surface area contributed by atoms with E-state index in [2.05, 4.69) is 25.9 Å². The minimum Gasteiger partial charge on any atom is -0.478 e. The maximum Gasteiger partial charge on any atom is 0.337 e. The number of sulfonamides is 1. The Labute approximate surface area is 162 Å². The minimum absolute atomic E-state index is 0.153. The van der Waals surface area contributed by atoms with Gasteiger partial charge in [0, 0.05) is 10.6 Å². The molecule has 0 aliphatic heterocycles. The normalized spacial score (nSPS) is 11.0. The second kappa shape index (κ2) is 7.62. The average Bonchev–Trinajstić information content (AvgIpc) is 3.15. The molecule has 144 valence electrons. The van der Waals surface area contributed by atoms with Crippen molar-refractivity contribution < 1.29 is 23.1 Å². The molecule has 28 heavy (non-hydrogen) atoms. The van der Waals surface area contributed by atoms with Gasteiger partial charge in [0.2, 0.25) is 5.82 Å². The number of nitrogens with zero attached hydrogens (tertiary/aromatic N) is 3. The van der Waals surface area contributed by atoms with Gasteiger partial charge in [-0.3, -0.25) is 0 Å². The van der Waals surface area contributed by atoms with Gasteiger partial charge in [-0.15, -0.1) is 10.2 Å². The van der Waals surface area contributed by atoms with Crippen molar-refractivity contribution in [3.05, 3.63) is 53.1 Å². The molecule has 0 spiro atoms. The number of amides is 2. The van der Waals surface area contributed by atoms with Crippen LogP contribution < -0.4 is 10.0 Å². The number of aromatic amines is 1. The molecule has 3 rings (SSSR count). The number of carboxylic acids is 1. The maximum absolute atomic E-state index is 12.4. The van der Waals surface area contributed by atoms with Crippen LogP contribution >= 0.6 is 11.6 Å². The molecular formula is C15H11ClN6O5S. The van der Waals surface area contributed by atoms with Crippen molar-refractivity contribution in [2.24, 2.45) is 0 Å². The Hall–Kier alpha value is -3.51. The van der Waals surface area contributed by atoms with E-state index in [9.17, 15) is 18.0 Å². The first-order valence-corrected chi connectivity index (χ1v) is 9.33. The molecule has 4 N–H and O–H groups in total. The highest BCUT2D eigenvalue weighted by Crippen LogP contribution is 2.21. The Morgan fingerprint density at radius 1 is 1.11 bits per heavy atom. The lowest BCUT2D eigenvalue weighted by Gasteiger charge is -2.11. The molecule has 1 aromatic heterocycles. The van der Waals surface area contributed by atoms with Gasteiger partial charge in [0.25, 0.3) is 10.0 Å². The van der Waals surface area contributed by atoms with Gasteiger partial charge in [-0.05, 0) is 47.7 Å². The quantitative estimate of drug-likeness (QED) is 0.482. The molecule has 0 atom stereocenters. The van der Waals surface area contributed by atoms with Gasteiger partial charge >= 0.3 is 12.0 Å². The van der Waals surface area contributed by atoms with Crippen molar-refractivity contribution in [1.82, 2.24) is 25.3 Å². The highest BCUT2D eigenvalue weighted by Gasteiger charge is 2.20. The van der Waals surface area contributed by atoms with Gasteiger partial charge in [0.1, 0.15) is 0 Å². The van der Waals surface area contributed by atoms with Crippen molar-refractivity contribution in [3.63, 3.8) is 0 Å². The van der Waals surface area contributed by atoms with Crippen LogP contribution in [0.5, 0.6) is 0 Å². The van der Waals surface area contributed by atoms with E-state index >= 15 is 0 Å². The summed E-state index contributed by atoms with van der Waals surface area (Å²) in [6, 6.07) is 7.95. The molecule has 1 heterocycles. The minimum atomic E-state index is -4.22. The predicted molar refractivity (Wildman–Crippen MR) is 97.4 cm³/mol. The number of rotatable bonds is 5. The number of carboxylic acid groups (broad SMARTS) is 1. The number of benzene rings is 2.